The van der Waals surface area contributed by atoms with Crippen LogP contribution in [0, 0.1) is 0 Å². The third-order valence-corrected chi connectivity index (χ3v) is 5.76. The standard InChI is InChI=1S/C25H27NO5/c1-3-5-13-26-22(16-6-9-19(10-7-16)30-4-2)21(24(28)25(26)29)23(27)18-8-11-20-17(15-18)12-14-31-20/h6-11,15,22,27H,3-5,12-14H2,1-2H3/b23-21-. The number of carbonyl (C=O) groups is 2. The number of Topliss-reactive ketones (excluding diaryl/α,β-unsaturated/α-hetero) is 1. The number of aliphatic hydroxyl groups excluding tert-OH is 1. The van der Waals surface area contributed by atoms with Crippen molar-refractivity contribution >= 4 is 17.4 Å². The molecule has 0 radical (unpaired) electrons. The van der Waals surface area contributed by atoms with Crippen LogP contribution < -0.4 is 9.47 Å². The Bertz CT molecular complexity index is 1020. The summed E-state index contributed by atoms with van der Waals surface area (Å²) in [7, 11) is 0. The predicted molar refractivity (Wildman–Crippen MR) is 117 cm³/mol. The number of likely N-dealkylation sites (tertiary alicyclic amines) is 1. The summed E-state index contributed by atoms with van der Waals surface area (Å²) in [6.45, 7) is 5.56. The van der Waals surface area contributed by atoms with Crippen molar-refractivity contribution in [1.82, 2.24) is 4.90 Å². The number of ketones is 1. The molecule has 1 saturated heterocycles. The Balaban J connectivity index is 1.80. The molecule has 1 amide bonds. The lowest BCUT2D eigenvalue weighted by atomic mass is 9.94. The number of aliphatic hydroxyl groups is 1. The second-order valence-electron chi connectivity index (χ2n) is 7.77. The van der Waals surface area contributed by atoms with E-state index in [-0.39, 0.29) is 11.3 Å². The lowest BCUT2D eigenvalue weighted by molar-refractivity contribution is -0.139. The molecule has 0 aliphatic carbocycles. The summed E-state index contributed by atoms with van der Waals surface area (Å²) < 4.78 is 11.1. The molecule has 1 N–H and O–H groups in total. The molecule has 31 heavy (non-hydrogen) atoms. The average Bonchev–Trinajstić information content (AvgIpc) is 3.35. The van der Waals surface area contributed by atoms with Gasteiger partial charge in [0, 0.05) is 18.5 Å². The minimum Gasteiger partial charge on any atom is -0.507 e. The molecule has 2 aromatic carbocycles. The molecule has 2 aromatic rings. The number of benzene rings is 2. The van der Waals surface area contributed by atoms with E-state index in [2.05, 4.69) is 0 Å². The number of hydrogen-bond donors (Lipinski definition) is 1. The van der Waals surface area contributed by atoms with E-state index < -0.39 is 17.7 Å². The van der Waals surface area contributed by atoms with Gasteiger partial charge >= 0.3 is 0 Å². The molecule has 1 fully saturated rings. The molecule has 2 aliphatic rings. The number of fused-ring (bicyclic) bond motifs is 1. The van der Waals surface area contributed by atoms with E-state index in [1.807, 2.05) is 44.2 Å². The first-order valence-corrected chi connectivity index (χ1v) is 10.8. The Morgan fingerprint density at radius 3 is 2.65 bits per heavy atom. The normalized spacial score (nSPS) is 19.4. The number of unbranched alkanes of at least 4 members (excludes halogenated alkanes) is 1. The predicted octanol–water partition coefficient (Wildman–Crippen LogP) is 4.24. The molecule has 1 atom stereocenters. The van der Waals surface area contributed by atoms with E-state index in [1.54, 1.807) is 17.0 Å². The topological polar surface area (TPSA) is 76.1 Å². The molecule has 6 nitrogen and oxygen atoms in total. The summed E-state index contributed by atoms with van der Waals surface area (Å²) in [6.07, 6.45) is 2.42. The van der Waals surface area contributed by atoms with Gasteiger partial charge in [0.2, 0.25) is 0 Å². The van der Waals surface area contributed by atoms with Crippen LogP contribution in [0.1, 0.15) is 49.4 Å². The van der Waals surface area contributed by atoms with Gasteiger partial charge in [0.05, 0.1) is 24.8 Å². The summed E-state index contributed by atoms with van der Waals surface area (Å²) in [5, 5.41) is 11.2. The van der Waals surface area contributed by atoms with Gasteiger partial charge in [-0.3, -0.25) is 9.59 Å². The molecular weight excluding hydrogens is 394 g/mol. The fourth-order valence-corrected chi connectivity index (χ4v) is 4.19. The van der Waals surface area contributed by atoms with Crippen molar-refractivity contribution in [3.8, 4) is 11.5 Å². The average molecular weight is 421 g/mol. The molecule has 162 valence electrons. The summed E-state index contributed by atoms with van der Waals surface area (Å²) in [4.78, 5) is 27.5. The largest absolute Gasteiger partial charge is 0.507 e. The third-order valence-electron chi connectivity index (χ3n) is 5.76. The van der Waals surface area contributed by atoms with Gasteiger partial charge in [-0.15, -0.1) is 0 Å². The second-order valence-corrected chi connectivity index (χ2v) is 7.77. The van der Waals surface area contributed by atoms with Gasteiger partial charge in [-0.25, -0.2) is 0 Å². The minimum absolute atomic E-state index is 0.129. The van der Waals surface area contributed by atoms with Gasteiger partial charge in [-0.05, 0) is 54.8 Å². The molecule has 4 rings (SSSR count). The highest BCUT2D eigenvalue weighted by Crippen LogP contribution is 2.40. The maximum absolute atomic E-state index is 13.0. The molecular formula is C25H27NO5. The Morgan fingerprint density at radius 2 is 1.94 bits per heavy atom. The maximum Gasteiger partial charge on any atom is 0.295 e. The number of amides is 1. The monoisotopic (exact) mass is 421 g/mol. The van der Waals surface area contributed by atoms with E-state index >= 15 is 0 Å². The second kappa shape index (κ2) is 8.84. The van der Waals surface area contributed by atoms with Gasteiger partial charge in [-0.2, -0.15) is 0 Å². The Hall–Kier alpha value is -3.28. The molecule has 0 aromatic heterocycles. The van der Waals surface area contributed by atoms with E-state index in [4.69, 9.17) is 9.47 Å². The molecule has 0 saturated carbocycles. The Kier molecular flexibility index (Phi) is 5.98. The van der Waals surface area contributed by atoms with Crippen LogP contribution in [-0.4, -0.2) is 41.5 Å². The number of nitrogens with zero attached hydrogens (tertiary/aromatic N) is 1. The van der Waals surface area contributed by atoms with Crippen molar-refractivity contribution in [3.63, 3.8) is 0 Å². The quantitative estimate of drug-likeness (QED) is 0.411. The van der Waals surface area contributed by atoms with Crippen molar-refractivity contribution in [2.45, 2.75) is 39.2 Å². The fourth-order valence-electron chi connectivity index (χ4n) is 4.19. The number of carbonyl (C=O) groups excluding carboxylic acids is 2. The smallest absolute Gasteiger partial charge is 0.295 e. The SMILES string of the molecule is CCCCN1C(=O)C(=O)/C(=C(\O)c2ccc3c(c2)CCO3)C1c1ccc(OCC)cc1. The molecule has 0 spiro atoms. The van der Waals surface area contributed by atoms with Crippen molar-refractivity contribution in [2.75, 3.05) is 19.8 Å². The van der Waals surface area contributed by atoms with Gasteiger partial charge < -0.3 is 19.5 Å². The lowest BCUT2D eigenvalue weighted by Gasteiger charge is -2.25. The van der Waals surface area contributed by atoms with Crippen LogP contribution in [0.4, 0.5) is 0 Å². The molecule has 0 bridgehead atoms. The third kappa shape index (κ3) is 3.90. The van der Waals surface area contributed by atoms with Crippen LogP contribution in [0.2, 0.25) is 0 Å². The van der Waals surface area contributed by atoms with Gasteiger partial charge in [0.15, 0.2) is 0 Å². The fraction of sp³-hybridized carbons (Fsp3) is 0.360. The van der Waals surface area contributed by atoms with Crippen LogP contribution >= 0.6 is 0 Å². The highest BCUT2D eigenvalue weighted by molar-refractivity contribution is 6.46. The van der Waals surface area contributed by atoms with Gasteiger partial charge in [0.1, 0.15) is 17.3 Å². The van der Waals surface area contributed by atoms with Gasteiger partial charge in [0.25, 0.3) is 11.7 Å². The van der Waals surface area contributed by atoms with Gasteiger partial charge in [-0.1, -0.05) is 25.5 Å². The summed E-state index contributed by atoms with van der Waals surface area (Å²) in [5.74, 6) is 0.145. The zero-order valence-electron chi connectivity index (χ0n) is 17.9. The molecule has 6 heteroatoms. The summed E-state index contributed by atoms with van der Waals surface area (Å²) in [5.41, 5.74) is 2.41. The zero-order valence-corrected chi connectivity index (χ0v) is 17.9. The first kappa shape index (κ1) is 21.0. The first-order valence-electron chi connectivity index (χ1n) is 10.8. The maximum atomic E-state index is 13.0. The molecule has 1 unspecified atom stereocenters. The highest BCUT2D eigenvalue weighted by atomic mass is 16.5. The van der Waals surface area contributed by atoms with E-state index in [1.165, 1.54) is 0 Å². The first-order chi connectivity index (χ1) is 15.0. The zero-order chi connectivity index (χ0) is 22.0. The number of hydrogen-bond acceptors (Lipinski definition) is 5. The minimum atomic E-state index is -0.649. The van der Waals surface area contributed by atoms with Crippen molar-refractivity contribution in [1.29, 1.82) is 0 Å². The van der Waals surface area contributed by atoms with Crippen molar-refractivity contribution in [3.05, 3.63) is 64.7 Å². The highest BCUT2D eigenvalue weighted by Gasteiger charge is 2.45. The van der Waals surface area contributed by atoms with E-state index in [9.17, 15) is 14.7 Å². The number of ether oxygens (including phenoxy) is 2. The Morgan fingerprint density at radius 1 is 1.16 bits per heavy atom. The van der Waals surface area contributed by atoms with Crippen LogP contribution in [0.3, 0.4) is 0 Å². The summed E-state index contributed by atoms with van der Waals surface area (Å²) in [6, 6.07) is 12.1. The summed E-state index contributed by atoms with van der Waals surface area (Å²) >= 11 is 0. The van der Waals surface area contributed by atoms with Crippen LogP contribution in [-0.2, 0) is 16.0 Å². The molecule has 2 aliphatic heterocycles. The van der Waals surface area contributed by atoms with Crippen molar-refractivity contribution in [2.24, 2.45) is 0 Å². The molecule has 2 heterocycles. The lowest BCUT2D eigenvalue weighted by Crippen LogP contribution is -2.30. The van der Waals surface area contributed by atoms with Crippen LogP contribution in [0.5, 0.6) is 11.5 Å². The van der Waals surface area contributed by atoms with E-state index in [0.717, 1.165) is 41.9 Å². The van der Waals surface area contributed by atoms with E-state index in [0.29, 0.717) is 25.3 Å². The van der Waals surface area contributed by atoms with Crippen molar-refractivity contribution < 1.29 is 24.2 Å². The Labute approximate surface area is 182 Å². The van der Waals surface area contributed by atoms with Crippen LogP contribution in [0.15, 0.2) is 48.0 Å². The number of rotatable bonds is 7. The van der Waals surface area contributed by atoms with Crippen LogP contribution in [0.25, 0.3) is 5.76 Å².